The van der Waals surface area contributed by atoms with Crippen LogP contribution in [0, 0.1) is 0 Å². The first-order valence-corrected chi connectivity index (χ1v) is 13.4. The largest absolute Gasteiger partial charge is 0.476 e. The fourth-order valence-corrected chi connectivity index (χ4v) is 6.32. The fourth-order valence-electron chi connectivity index (χ4n) is 3.15. The number of benzene rings is 2. The van der Waals surface area contributed by atoms with Crippen LogP contribution in [0.2, 0.25) is 0 Å². The molecule has 1 unspecified atom stereocenters. The van der Waals surface area contributed by atoms with Gasteiger partial charge in [0.25, 0.3) is 5.91 Å². The summed E-state index contributed by atoms with van der Waals surface area (Å²) in [6, 6.07) is 15.5. The molecule has 4 rings (SSSR count). The fraction of sp³-hybridized carbons (Fsp3) is 0.238. The van der Waals surface area contributed by atoms with Gasteiger partial charge in [0.2, 0.25) is 15.2 Å². The number of nitrogens with one attached hydrogen (secondary N) is 1. The van der Waals surface area contributed by atoms with Gasteiger partial charge in [0.15, 0.2) is 10.4 Å². The number of para-hydroxylation sites is 2. The van der Waals surface area contributed by atoms with E-state index in [1.54, 1.807) is 48.5 Å². The Morgan fingerprint density at radius 2 is 1.91 bits per heavy atom. The number of esters is 1. The van der Waals surface area contributed by atoms with Crippen molar-refractivity contribution in [2.45, 2.75) is 16.2 Å². The van der Waals surface area contributed by atoms with Crippen molar-refractivity contribution >= 4 is 55.8 Å². The van der Waals surface area contributed by atoms with Crippen molar-refractivity contribution in [2.75, 3.05) is 29.0 Å². The first-order valence-electron chi connectivity index (χ1n) is 10.00. The van der Waals surface area contributed by atoms with Gasteiger partial charge < -0.3 is 9.47 Å². The number of methoxy groups -OCH3 is 1. The average molecular weight is 521 g/mol. The van der Waals surface area contributed by atoms with Crippen molar-refractivity contribution in [1.82, 2.24) is 10.2 Å². The Hall–Kier alpha value is -3.16. The van der Waals surface area contributed by atoms with Crippen LogP contribution in [0.15, 0.2) is 58.9 Å². The van der Waals surface area contributed by atoms with Crippen LogP contribution in [0.25, 0.3) is 0 Å². The Bertz CT molecular complexity index is 1280. The van der Waals surface area contributed by atoms with Crippen LogP contribution in [0.5, 0.6) is 5.75 Å². The topological polar surface area (TPSA) is 128 Å². The van der Waals surface area contributed by atoms with E-state index in [2.05, 4.69) is 20.3 Å². The molecule has 1 aliphatic heterocycles. The van der Waals surface area contributed by atoms with Crippen molar-refractivity contribution in [1.29, 1.82) is 0 Å². The van der Waals surface area contributed by atoms with E-state index in [1.807, 2.05) is 6.07 Å². The highest BCUT2D eigenvalue weighted by Gasteiger charge is 2.37. The summed E-state index contributed by atoms with van der Waals surface area (Å²) in [6.07, 6.45) is -1.10. The first-order chi connectivity index (χ1) is 16.4. The van der Waals surface area contributed by atoms with Crippen molar-refractivity contribution < 1.29 is 27.5 Å². The summed E-state index contributed by atoms with van der Waals surface area (Å²) in [4.78, 5) is 24.2. The lowest BCUT2D eigenvalue weighted by atomic mass is 10.2. The van der Waals surface area contributed by atoms with E-state index in [0.717, 1.165) is 23.1 Å². The van der Waals surface area contributed by atoms with E-state index in [0.29, 0.717) is 15.6 Å². The van der Waals surface area contributed by atoms with E-state index >= 15 is 0 Å². The molecule has 178 valence electrons. The summed E-state index contributed by atoms with van der Waals surface area (Å²) < 4.78 is 38.6. The number of nitrogens with zero attached hydrogens (tertiary/aromatic N) is 3. The Morgan fingerprint density at radius 1 is 1.18 bits per heavy atom. The molecule has 34 heavy (non-hydrogen) atoms. The van der Waals surface area contributed by atoms with Crippen LogP contribution in [-0.2, 0) is 30.1 Å². The van der Waals surface area contributed by atoms with Gasteiger partial charge in [0.05, 0.1) is 30.8 Å². The number of ether oxygens (including phenoxy) is 2. The molecule has 1 N–H and O–H groups in total. The highest BCUT2D eigenvalue weighted by atomic mass is 32.2. The van der Waals surface area contributed by atoms with E-state index < -0.39 is 28.0 Å². The van der Waals surface area contributed by atoms with E-state index in [9.17, 15) is 18.0 Å². The summed E-state index contributed by atoms with van der Waals surface area (Å²) in [5.74, 6) is -0.826. The number of hydrogen-bond donors (Lipinski definition) is 1. The maximum absolute atomic E-state index is 13.3. The van der Waals surface area contributed by atoms with Crippen molar-refractivity contribution in [3.8, 4) is 5.75 Å². The van der Waals surface area contributed by atoms with Crippen LogP contribution in [-0.4, -0.2) is 56.0 Å². The molecule has 0 fully saturated rings. The maximum atomic E-state index is 13.3. The molecular formula is C21H20N4O6S3. The van der Waals surface area contributed by atoms with Crippen LogP contribution in [0.1, 0.15) is 5.56 Å². The van der Waals surface area contributed by atoms with Crippen LogP contribution >= 0.6 is 23.1 Å². The quantitative estimate of drug-likeness (QED) is 0.271. The third-order valence-corrected chi connectivity index (χ3v) is 8.39. The Balaban J connectivity index is 1.50. The minimum atomic E-state index is -3.80. The van der Waals surface area contributed by atoms with Crippen molar-refractivity contribution in [3.63, 3.8) is 0 Å². The summed E-state index contributed by atoms with van der Waals surface area (Å²) in [7, 11) is -2.51. The highest BCUT2D eigenvalue weighted by Crippen LogP contribution is 2.36. The van der Waals surface area contributed by atoms with Gasteiger partial charge >= 0.3 is 5.97 Å². The lowest BCUT2D eigenvalue weighted by Gasteiger charge is -2.34. The molecule has 0 saturated carbocycles. The number of thioether (sulfide) groups is 1. The minimum absolute atomic E-state index is 0.0653. The summed E-state index contributed by atoms with van der Waals surface area (Å²) in [6.45, 7) is -0.194. The first kappa shape index (κ1) is 24.0. The lowest BCUT2D eigenvalue weighted by molar-refractivity contribution is -0.137. The van der Waals surface area contributed by atoms with Gasteiger partial charge in [-0.25, -0.2) is 8.42 Å². The molecule has 0 aliphatic carbocycles. The van der Waals surface area contributed by atoms with Gasteiger partial charge in [-0.3, -0.25) is 19.2 Å². The number of sulfonamides is 1. The van der Waals surface area contributed by atoms with Crippen LogP contribution in [0.4, 0.5) is 10.8 Å². The zero-order valence-corrected chi connectivity index (χ0v) is 20.4. The predicted molar refractivity (Wildman–Crippen MR) is 129 cm³/mol. The molecule has 1 amide bonds. The summed E-state index contributed by atoms with van der Waals surface area (Å²) >= 11 is 2.22. The number of carbonyl (C=O) groups excluding carboxylic acids is 2. The summed E-state index contributed by atoms with van der Waals surface area (Å²) in [5.41, 5.74) is 1.01. The summed E-state index contributed by atoms with van der Waals surface area (Å²) in [5, 5.41) is 10.6. The molecule has 0 saturated heterocycles. The van der Waals surface area contributed by atoms with E-state index in [-0.39, 0.29) is 28.9 Å². The Kier molecular flexibility index (Phi) is 7.34. The van der Waals surface area contributed by atoms with Crippen molar-refractivity contribution in [2.24, 2.45) is 0 Å². The van der Waals surface area contributed by atoms with E-state index in [4.69, 9.17) is 4.74 Å². The molecule has 10 nitrogen and oxygen atoms in total. The molecule has 13 heteroatoms. The Labute approximate surface area is 204 Å². The predicted octanol–water partition coefficient (Wildman–Crippen LogP) is 2.54. The van der Waals surface area contributed by atoms with Gasteiger partial charge in [0, 0.05) is 0 Å². The zero-order chi connectivity index (χ0) is 24.1. The number of aromatic nitrogens is 2. The second-order valence-electron chi connectivity index (χ2n) is 7.07. The number of carbonyl (C=O) groups is 2. The molecule has 0 radical (unpaired) electrons. The minimum Gasteiger partial charge on any atom is -0.476 e. The second kappa shape index (κ2) is 10.4. The van der Waals surface area contributed by atoms with Crippen LogP contribution < -0.4 is 14.4 Å². The molecular weight excluding hydrogens is 500 g/mol. The van der Waals surface area contributed by atoms with Gasteiger partial charge in [0.1, 0.15) is 5.75 Å². The molecule has 1 atom stereocenters. The third kappa shape index (κ3) is 5.66. The lowest BCUT2D eigenvalue weighted by Crippen LogP contribution is -2.49. The van der Waals surface area contributed by atoms with Gasteiger partial charge in [-0.2, -0.15) is 0 Å². The number of hydrogen-bond acceptors (Lipinski definition) is 10. The monoisotopic (exact) mass is 520 g/mol. The number of anilines is 2. The second-order valence-corrected chi connectivity index (χ2v) is 11.2. The molecule has 3 aromatic rings. The molecule has 1 aromatic heterocycles. The molecule has 2 aromatic carbocycles. The molecule has 2 heterocycles. The number of rotatable bonds is 8. The van der Waals surface area contributed by atoms with Crippen molar-refractivity contribution in [3.05, 3.63) is 60.2 Å². The SMILES string of the molecule is COC(=O)CSc1nnc(NC(=O)C2CN(S(=O)(=O)Cc3ccccc3)c3ccccc3O2)s1. The zero-order valence-electron chi connectivity index (χ0n) is 17.9. The van der Waals surface area contributed by atoms with Gasteiger partial charge in [-0.05, 0) is 17.7 Å². The maximum Gasteiger partial charge on any atom is 0.316 e. The average Bonchev–Trinajstić information content (AvgIpc) is 3.29. The highest BCUT2D eigenvalue weighted by molar-refractivity contribution is 8.01. The normalized spacial score (nSPS) is 15.2. The van der Waals surface area contributed by atoms with E-state index in [1.165, 1.54) is 11.4 Å². The van der Waals surface area contributed by atoms with Gasteiger partial charge in [-0.1, -0.05) is 65.6 Å². The standard InChI is InChI=1S/C21H20N4O6S3/c1-30-18(26)12-32-21-24-23-20(33-21)22-19(27)17-11-25(15-9-5-6-10-16(15)31-17)34(28,29)13-14-7-3-2-4-8-14/h2-10,17H,11-13H2,1H3,(H,22,23,27). The van der Waals surface area contributed by atoms with Gasteiger partial charge in [-0.15, -0.1) is 10.2 Å². The third-order valence-electron chi connectivity index (χ3n) is 4.73. The molecule has 0 bridgehead atoms. The smallest absolute Gasteiger partial charge is 0.316 e. The number of fused-ring (bicyclic) bond motifs is 1. The van der Waals surface area contributed by atoms with Crippen LogP contribution in [0.3, 0.4) is 0 Å². The molecule has 0 spiro atoms. The molecule has 1 aliphatic rings. The number of amides is 1. The Morgan fingerprint density at radius 3 is 2.68 bits per heavy atom.